The number of ether oxygens (including phenoxy) is 1. The van der Waals surface area contributed by atoms with Gasteiger partial charge in [-0.1, -0.05) is 13.0 Å². The van der Waals surface area contributed by atoms with Gasteiger partial charge in [0, 0.05) is 6.04 Å². The molecule has 102 valence electrons. The molecule has 0 saturated carbocycles. The Labute approximate surface area is 113 Å². The summed E-state index contributed by atoms with van der Waals surface area (Å²) in [7, 11) is 0. The number of benzene rings is 1. The third kappa shape index (κ3) is 4.86. The van der Waals surface area contributed by atoms with Gasteiger partial charge in [-0.2, -0.15) is 13.2 Å². The van der Waals surface area contributed by atoms with Gasteiger partial charge in [-0.3, -0.25) is 0 Å². The van der Waals surface area contributed by atoms with E-state index in [2.05, 4.69) is 21.2 Å². The molecule has 1 aromatic carbocycles. The SMILES string of the molecule is CCNC(C)c1ccc(OCC(F)(F)F)c(Br)c1. The van der Waals surface area contributed by atoms with E-state index < -0.39 is 12.8 Å². The molecule has 6 heteroatoms. The summed E-state index contributed by atoms with van der Waals surface area (Å²) in [5.74, 6) is 0.194. The molecule has 0 radical (unpaired) electrons. The smallest absolute Gasteiger partial charge is 0.422 e. The lowest BCUT2D eigenvalue weighted by atomic mass is 10.1. The normalized spacial score (nSPS) is 13.4. The minimum Gasteiger partial charge on any atom is -0.483 e. The number of hydrogen-bond donors (Lipinski definition) is 1. The van der Waals surface area contributed by atoms with Crippen LogP contribution in [0.5, 0.6) is 5.75 Å². The highest BCUT2D eigenvalue weighted by molar-refractivity contribution is 9.10. The standard InChI is InChI=1S/C12H15BrF3NO/c1-3-17-8(2)9-4-5-11(10(13)6-9)18-7-12(14,15)16/h4-6,8,17H,3,7H2,1-2H3. The van der Waals surface area contributed by atoms with Crippen LogP contribution in [0.25, 0.3) is 0 Å². The Morgan fingerprint density at radius 1 is 1.39 bits per heavy atom. The van der Waals surface area contributed by atoms with Gasteiger partial charge in [0.15, 0.2) is 6.61 Å². The molecule has 1 rings (SSSR count). The van der Waals surface area contributed by atoms with Crippen molar-refractivity contribution in [3.05, 3.63) is 28.2 Å². The Morgan fingerprint density at radius 3 is 2.56 bits per heavy atom. The summed E-state index contributed by atoms with van der Waals surface area (Å²) >= 11 is 3.21. The average molecular weight is 326 g/mol. The summed E-state index contributed by atoms with van der Waals surface area (Å²) in [6.45, 7) is 3.52. The predicted octanol–water partition coefficient (Wildman–Crippen LogP) is 4.06. The van der Waals surface area contributed by atoms with Gasteiger partial charge < -0.3 is 10.1 Å². The first-order chi connectivity index (χ1) is 8.33. The molecule has 2 nitrogen and oxygen atoms in total. The molecule has 0 amide bonds. The van der Waals surface area contributed by atoms with E-state index in [0.717, 1.165) is 12.1 Å². The number of hydrogen-bond acceptors (Lipinski definition) is 2. The molecular weight excluding hydrogens is 311 g/mol. The third-order valence-corrected chi connectivity index (χ3v) is 2.98. The molecule has 0 fully saturated rings. The second-order valence-electron chi connectivity index (χ2n) is 3.87. The van der Waals surface area contributed by atoms with Gasteiger partial charge in [-0.25, -0.2) is 0 Å². The highest BCUT2D eigenvalue weighted by Crippen LogP contribution is 2.29. The molecule has 0 bridgehead atoms. The fraction of sp³-hybridized carbons (Fsp3) is 0.500. The van der Waals surface area contributed by atoms with E-state index in [0.29, 0.717) is 4.47 Å². The van der Waals surface area contributed by atoms with Crippen LogP contribution in [-0.2, 0) is 0 Å². The zero-order valence-corrected chi connectivity index (χ0v) is 11.7. The maximum atomic E-state index is 12.0. The number of nitrogens with one attached hydrogen (secondary N) is 1. The van der Waals surface area contributed by atoms with Crippen molar-refractivity contribution >= 4 is 15.9 Å². The summed E-state index contributed by atoms with van der Waals surface area (Å²) in [5.41, 5.74) is 0.989. The Hall–Kier alpha value is -0.750. The maximum absolute atomic E-state index is 12.0. The minimum absolute atomic E-state index is 0.142. The maximum Gasteiger partial charge on any atom is 0.422 e. The molecule has 0 heterocycles. The van der Waals surface area contributed by atoms with E-state index in [1.165, 1.54) is 0 Å². The van der Waals surface area contributed by atoms with Crippen LogP contribution in [0.2, 0.25) is 0 Å². The van der Waals surface area contributed by atoms with Gasteiger partial charge in [0.1, 0.15) is 5.75 Å². The van der Waals surface area contributed by atoms with Gasteiger partial charge in [0.05, 0.1) is 4.47 Å². The molecule has 1 atom stereocenters. The summed E-state index contributed by atoms with van der Waals surface area (Å²) in [4.78, 5) is 0. The first-order valence-electron chi connectivity index (χ1n) is 5.56. The fourth-order valence-corrected chi connectivity index (χ4v) is 2.00. The highest BCUT2D eigenvalue weighted by atomic mass is 79.9. The Morgan fingerprint density at radius 2 is 2.06 bits per heavy atom. The zero-order chi connectivity index (χ0) is 13.8. The van der Waals surface area contributed by atoms with Crippen LogP contribution in [0, 0.1) is 0 Å². The molecule has 18 heavy (non-hydrogen) atoms. The van der Waals surface area contributed by atoms with Crippen LogP contribution < -0.4 is 10.1 Å². The molecule has 0 aliphatic heterocycles. The molecule has 1 aromatic rings. The molecule has 1 unspecified atom stereocenters. The number of alkyl halides is 3. The van der Waals surface area contributed by atoms with Gasteiger partial charge in [-0.15, -0.1) is 0 Å². The summed E-state index contributed by atoms with van der Waals surface area (Å²) in [6, 6.07) is 5.20. The summed E-state index contributed by atoms with van der Waals surface area (Å²) in [6.07, 6.45) is -4.32. The van der Waals surface area contributed by atoms with Crippen molar-refractivity contribution < 1.29 is 17.9 Å². The van der Waals surface area contributed by atoms with E-state index in [1.54, 1.807) is 18.2 Å². The molecule has 0 saturated heterocycles. The average Bonchev–Trinajstić information content (AvgIpc) is 2.26. The highest BCUT2D eigenvalue weighted by Gasteiger charge is 2.28. The first-order valence-corrected chi connectivity index (χ1v) is 6.35. The van der Waals surface area contributed by atoms with Crippen LogP contribution in [0.3, 0.4) is 0 Å². The van der Waals surface area contributed by atoms with E-state index in [1.807, 2.05) is 13.8 Å². The van der Waals surface area contributed by atoms with Crippen molar-refractivity contribution in [3.8, 4) is 5.75 Å². The quantitative estimate of drug-likeness (QED) is 0.881. The van der Waals surface area contributed by atoms with Crippen molar-refractivity contribution in [2.45, 2.75) is 26.1 Å². The summed E-state index contributed by atoms with van der Waals surface area (Å²) in [5, 5.41) is 3.22. The molecule has 0 aromatic heterocycles. The van der Waals surface area contributed by atoms with Crippen LogP contribution in [0.15, 0.2) is 22.7 Å². The number of halogens is 4. The van der Waals surface area contributed by atoms with Gasteiger partial charge >= 0.3 is 6.18 Å². The largest absolute Gasteiger partial charge is 0.483 e. The fourth-order valence-electron chi connectivity index (χ4n) is 1.49. The first kappa shape index (κ1) is 15.3. The van der Waals surface area contributed by atoms with Crippen LogP contribution in [0.1, 0.15) is 25.5 Å². The zero-order valence-electron chi connectivity index (χ0n) is 10.1. The molecule has 0 aliphatic carbocycles. The lowest BCUT2D eigenvalue weighted by molar-refractivity contribution is -0.153. The lowest BCUT2D eigenvalue weighted by Gasteiger charge is -2.15. The van der Waals surface area contributed by atoms with E-state index in [-0.39, 0.29) is 11.8 Å². The Balaban J connectivity index is 2.73. The van der Waals surface area contributed by atoms with Crippen molar-refractivity contribution in [1.82, 2.24) is 5.32 Å². The van der Waals surface area contributed by atoms with Crippen molar-refractivity contribution in [3.63, 3.8) is 0 Å². The molecular formula is C12H15BrF3NO. The molecule has 1 N–H and O–H groups in total. The van der Waals surface area contributed by atoms with E-state index >= 15 is 0 Å². The van der Waals surface area contributed by atoms with Crippen molar-refractivity contribution in [2.24, 2.45) is 0 Å². The van der Waals surface area contributed by atoms with Crippen LogP contribution in [0.4, 0.5) is 13.2 Å². The minimum atomic E-state index is -4.32. The van der Waals surface area contributed by atoms with E-state index in [4.69, 9.17) is 4.74 Å². The lowest BCUT2D eigenvalue weighted by Crippen LogP contribution is -2.20. The Kier molecular flexibility index (Phi) is 5.47. The van der Waals surface area contributed by atoms with Gasteiger partial charge in [0.25, 0.3) is 0 Å². The second-order valence-corrected chi connectivity index (χ2v) is 4.73. The monoisotopic (exact) mass is 325 g/mol. The van der Waals surface area contributed by atoms with Crippen LogP contribution >= 0.6 is 15.9 Å². The molecule has 0 aliphatic rings. The summed E-state index contributed by atoms with van der Waals surface area (Å²) < 4.78 is 41.3. The van der Waals surface area contributed by atoms with E-state index in [9.17, 15) is 13.2 Å². The van der Waals surface area contributed by atoms with Crippen molar-refractivity contribution in [2.75, 3.05) is 13.2 Å². The van der Waals surface area contributed by atoms with Gasteiger partial charge in [0.2, 0.25) is 0 Å². The molecule has 0 spiro atoms. The van der Waals surface area contributed by atoms with Crippen molar-refractivity contribution in [1.29, 1.82) is 0 Å². The second kappa shape index (κ2) is 6.43. The Bertz CT molecular complexity index is 395. The van der Waals surface area contributed by atoms with Crippen LogP contribution in [-0.4, -0.2) is 19.3 Å². The predicted molar refractivity (Wildman–Crippen MR) is 67.8 cm³/mol. The third-order valence-electron chi connectivity index (χ3n) is 2.36. The topological polar surface area (TPSA) is 21.3 Å². The number of rotatable bonds is 5. The van der Waals surface area contributed by atoms with Gasteiger partial charge in [-0.05, 0) is 47.1 Å².